The van der Waals surface area contributed by atoms with Gasteiger partial charge in [0.15, 0.2) is 0 Å². The first-order valence-electron chi connectivity index (χ1n) is 10.2. The summed E-state index contributed by atoms with van der Waals surface area (Å²) >= 11 is 0. The van der Waals surface area contributed by atoms with E-state index in [-0.39, 0.29) is 10.9 Å². The molecule has 0 aliphatic carbocycles. The lowest BCUT2D eigenvalue weighted by atomic mass is 10.0. The zero-order valence-electron chi connectivity index (χ0n) is 17.0. The molecule has 1 unspecified atom stereocenters. The summed E-state index contributed by atoms with van der Waals surface area (Å²) in [4.78, 5) is 9.15. The van der Waals surface area contributed by atoms with E-state index in [4.69, 9.17) is 0 Å². The molecule has 1 saturated heterocycles. The first kappa shape index (κ1) is 20.5. The fourth-order valence-corrected chi connectivity index (χ4v) is 5.21. The summed E-state index contributed by atoms with van der Waals surface area (Å²) in [5, 5.41) is 3.41. The highest BCUT2D eigenvalue weighted by Gasteiger charge is 2.26. The molecule has 0 spiro atoms. The number of anilines is 1. The molecule has 30 heavy (non-hydrogen) atoms. The van der Waals surface area contributed by atoms with Crippen molar-refractivity contribution in [2.24, 2.45) is 0 Å². The molecule has 1 fully saturated rings. The summed E-state index contributed by atoms with van der Waals surface area (Å²) in [7, 11) is -3.49. The molecule has 156 valence electrons. The van der Waals surface area contributed by atoms with Crippen LogP contribution in [0.1, 0.15) is 42.1 Å². The summed E-state index contributed by atoms with van der Waals surface area (Å²) in [6.07, 6.45) is 6.11. The highest BCUT2D eigenvalue weighted by Crippen LogP contribution is 2.26. The van der Waals surface area contributed by atoms with Crippen molar-refractivity contribution in [3.8, 4) is 0 Å². The Hall–Kier alpha value is -2.77. The van der Waals surface area contributed by atoms with Gasteiger partial charge >= 0.3 is 0 Å². The Labute approximate surface area is 178 Å². The number of rotatable bonds is 6. The molecular weight excluding hydrogens is 396 g/mol. The van der Waals surface area contributed by atoms with Crippen molar-refractivity contribution >= 4 is 15.8 Å². The largest absolute Gasteiger partial charge is 0.358 e. The van der Waals surface area contributed by atoms with Crippen molar-refractivity contribution in [1.29, 1.82) is 0 Å². The summed E-state index contributed by atoms with van der Waals surface area (Å²) in [5.74, 6) is 0.602. The molecule has 1 atom stereocenters. The van der Waals surface area contributed by atoms with Crippen LogP contribution in [0.5, 0.6) is 0 Å². The fraction of sp³-hybridized carbons (Fsp3) is 0.304. The first-order valence-corrected chi connectivity index (χ1v) is 11.7. The molecule has 3 heterocycles. The Morgan fingerprint density at radius 3 is 2.47 bits per heavy atom. The Balaban J connectivity index is 1.59. The SMILES string of the molecule is Cc1cccc(C(Nc2ccc(S(=O)(=O)N3CCCCC3)cn2)c2ccccn2)c1. The second-order valence-electron chi connectivity index (χ2n) is 7.59. The van der Waals surface area contributed by atoms with Crippen molar-refractivity contribution in [2.75, 3.05) is 18.4 Å². The highest BCUT2D eigenvalue weighted by atomic mass is 32.2. The monoisotopic (exact) mass is 422 g/mol. The van der Waals surface area contributed by atoms with E-state index in [9.17, 15) is 8.42 Å². The maximum absolute atomic E-state index is 12.9. The van der Waals surface area contributed by atoms with E-state index in [0.717, 1.165) is 36.1 Å². The second kappa shape index (κ2) is 8.93. The van der Waals surface area contributed by atoms with E-state index in [1.165, 1.54) is 6.20 Å². The zero-order chi connectivity index (χ0) is 21.0. The van der Waals surface area contributed by atoms with Gasteiger partial charge in [0.2, 0.25) is 10.0 Å². The quantitative estimate of drug-likeness (QED) is 0.646. The van der Waals surface area contributed by atoms with Crippen LogP contribution in [-0.4, -0.2) is 35.8 Å². The molecule has 1 aliphatic heterocycles. The van der Waals surface area contributed by atoms with Gasteiger partial charge in [-0.05, 0) is 49.6 Å². The van der Waals surface area contributed by atoms with Crippen LogP contribution in [0.2, 0.25) is 0 Å². The molecule has 0 amide bonds. The van der Waals surface area contributed by atoms with E-state index in [2.05, 4.69) is 40.4 Å². The normalized spacial score (nSPS) is 16.2. The predicted molar refractivity (Wildman–Crippen MR) is 118 cm³/mol. The molecule has 0 radical (unpaired) electrons. The zero-order valence-corrected chi connectivity index (χ0v) is 17.8. The van der Waals surface area contributed by atoms with Crippen LogP contribution in [0, 0.1) is 6.92 Å². The molecule has 3 aromatic rings. The molecule has 2 aromatic heterocycles. The summed E-state index contributed by atoms with van der Waals surface area (Å²) in [5.41, 5.74) is 3.10. The summed E-state index contributed by atoms with van der Waals surface area (Å²) in [6.45, 7) is 3.21. The highest BCUT2D eigenvalue weighted by molar-refractivity contribution is 7.89. The van der Waals surface area contributed by atoms with Crippen molar-refractivity contribution in [3.05, 3.63) is 83.8 Å². The van der Waals surface area contributed by atoms with Gasteiger partial charge in [-0.2, -0.15) is 4.31 Å². The number of pyridine rings is 2. The lowest BCUT2D eigenvalue weighted by Crippen LogP contribution is -2.35. The molecule has 4 rings (SSSR count). The number of aryl methyl sites for hydroxylation is 1. The van der Waals surface area contributed by atoms with Crippen LogP contribution >= 0.6 is 0 Å². The average Bonchev–Trinajstić information content (AvgIpc) is 2.79. The van der Waals surface area contributed by atoms with E-state index in [1.54, 1.807) is 22.6 Å². The van der Waals surface area contributed by atoms with Crippen LogP contribution in [0.25, 0.3) is 0 Å². The van der Waals surface area contributed by atoms with Gasteiger partial charge in [0.25, 0.3) is 0 Å². The Morgan fingerprint density at radius 2 is 1.80 bits per heavy atom. The van der Waals surface area contributed by atoms with Crippen LogP contribution in [0.3, 0.4) is 0 Å². The van der Waals surface area contributed by atoms with Gasteiger partial charge in [0.05, 0.1) is 11.7 Å². The van der Waals surface area contributed by atoms with Crippen molar-refractivity contribution in [3.63, 3.8) is 0 Å². The molecule has 7 heteroatoms. The predicted octanol–water partition coefficient (Wildman–Crippen LogP) is 4.16. The molecule has 6 nitrogen and oxygen atoms in total. The van der Waals surface area contributed by atoms with Gasteiger partial charge < -0.3 is 5.32 Å². The summed E-state index contributed by atoms with van der Waals surface area (Å²) in [6, 6.07) is 17.2. The second-order valence-corrected chi connectivity index (χ2v) is 9.53. The average molecular weight is 423 g/mol. The number of nitrogens with zero attached hydrogens (tertiary/aromatic N) is 3. The fourth-order valence-electron chi connectivity index (χ4n) is 3.74. The lowest BCUT2D eigenvalue weighted by molar-refractivity contribution is 0.346. The third-order valence-corrected chi connectivity index (χ3v) is 7.22. The maximum Gasteiger partial charge on any atom is 0.244 e. The number of nitrogens with one attached hydrogen (secondary N) is 1. The molecule has 1 aromatic carbocycles. The van der Waals surface area contributed by atoms with Gasteiger partial charge in [-0.15, -0.1) is 0 Å². The van der Waals surface area contributed by atoms with Gasteiger partial charge in [-0.3, -0.25) is 4.98 Å². The van der Waals surface area contributed by atoms with Crippen molar-refractivity contribution in [2.45, 2.75) is 37.1 Å². The third-order valence-electron chi connectivity index (χ3n) is 5.34. The molecular formula is C23H26N4O2S. The van der Waals surface area contributed by atoms with Crippen molar-refractivity contribution < 1.29 is 8.42 Å². The number of benzene rings is 1. The molecule has 1 aliphatic rings. The van der Waals surface area contributed by atoms with Gasteiger partial charge in [0.1, 0.15) is 10.7 Å². The van der Waals surface area contributed by atoms with Crippen molar-refractivity contribution in [1.82, 2.24) is 14.3 Å². The molecule has 0 bridgehead atoms. The van der Waals surface area contributed by atoms with Crippen LogP contribution in [0.15, 0.2) is 71.9 Å². The minimum Gasteiger partial charge on any atom is -0.358 e. The number of piperidine rings is 1. The minimum atomic E-state index is -3.49. The minimum absolute atomic E-state index is 0.192. The number of hydrogen-bond acceptors (Lipinski definition) is 5. The van der Waals surface area contributed by atoms with Gasteiger partial charge in [-0.1, -0.05) is 42.3 Å². The Bertz CT molecular complexity index is 1080. The van der Waals surface area contributed by atoms with E-state index in [1.807, 2.05) is 24.3 Å². The Morgan fingerprint density at radius 1 is 0.967 bits per heavy atom. The number of hydrogen-bond donors (Lipinski definition) is 1. The molecule has 0 saturated carbocycles. The van der Waals surface area contributed by atoms with E-state index < -0.39 is 10.0 Å². The molecule has 1 N–H and O–H groups in total. The van der Waals surface area contributed by atoms with Crippen LogP contribution in [0.4, 0.5) is 5.82 Å². The maximum atomic E-state index is 12.9. The third kappa shape index (κ3) is 4.52. The first-order chi connectivity index (χ1) is 14.5. The van der Waals surface area contributed by atoms with Crippen LogP contribution in [-0.2, 0) is 10.0 Å². The van der Waals surface area contributed by atoms with E-state index in [0.29, 0.717) is 18.9 Å². The van der Waals surface area contributed by atoms with Gasteiger partial charge in [0, 0.05) is 25.5 Å². The summed E-state index contributed by atoms with van der Waals surface area (Å²) < 4.78 is 27.3. The number of sulfonamides is 1. The van der Waals surface area contributed by atoms with Gasteiger partial charge in [-0.25, -0.2) is 13.4 Å². The Kier molecular flexibility index (Phi) is 6.11. The van der Waals surface area contributed by atoms with Crippen LogP contribution < -0.4 is 5.32 Å². The topological polar surface area (TPSA) is 75.2 Å². The number of aromatic nitrogens is 2. The smallest absolute Gasteiger partial charge is 0.244 e. The standard InChI is InChI=1S/C23H26N4O2S/c1-18-8-7-9-19(16-18)23(21-10-3-4-13-24-21)26-22-12-11-20(17-25-22)30(28,29)27-14-5-2-6-15-27/h3-4,7-13,16-17,23H,2,5-6,14-15H2,1H3,(H,25,26). The van der Waals surface area contributed by atoms with E-state index >= 15 is 0 Å². The lowest BCUT2D eigenvalue weighted by Gasteiger charge is -2.26.